The third-order valence-corrected chi connectivity index (χ3v) is 1.84. The lowest BCUT2D eigenvalue weighted by Gasteiger charge is -2.15. The van der Waals surface area contributed by atoms with Crippen LogP contribution in [-0.4, -0.2) is 15.2 Å². The van der Waals surface area contributed by atoms with Gasteiger partial charge in [0, 0.05) is 18.1 Å². The van der Waals surface area contributed by atoms with Gasteiger partial charge < -0.3 is 5.32 Å². The van der Waals surface area contributed by atoms with E-state index in [-0.39, 0.29) is 5.91 Å². The second kappa shape index (κ2) is 3.87. The fourth-order valence-corrected chi connectivity index (χ4v) is 0.814. The molecular formula is C9H11BrN2O. The highest BCUT2D eigenvalue weighted by Gasteiger charge is 2.23. The fourth-order valence-electron chi connectivity index (χ4n) is 0.715. The van der Waals surface area contributed by atoms with E-state index in [1.165, 1.54) is 0 Å². The Morgan fingerprint density at radius 2 is 2.00 bits per heavy atom. The molecule has 0 fully saturated rings. The summed E-state index contributed by atoms with van der Waals surface area (Å²) in [4.78, 5) is 15.3. The van der Waals surface area contributed by atoms with Gasteiger partial charge in [-0.1, -0.05) is 15.9 Å². The second-order valence-electron chi connectivity index (χ2n) is 3.16. The van der Waals surface area contributed by atoms with Crippen LogP contribution in [0.3, 0.4) is 0 Å². The van der Waals surface area contributed by atoms with E-state index in [2.05, 4.69) is 26.2 Å². The highest BCUT2D eigenvalue weighted by molar-refractivity contribution is 9.10. The molecule has 0 saturated heterocycles. The first-order chi connectivity index (χ1) is 6.00. The molecule has 0 bridgehead atoms. The molecule has 0 aromatic carbocycles. The van der Waals surface area contributed by atoms with Crippen molar-refractivity contribution in [3.8, 4) is 0 Å². The lowest BCUT2D eigenvalue weighted by Crippen LogP contribution is -2.30. The number of nitrogens with zero attached hydrogens (tertiary/aromatic N) is 1. The van der Waals surface area contributed by atoms with E-state index < -0.39 is 4.32 Å². The average Bonchev–Trinajstić information content (AvgIpc) is 2.04. The average molecular weight is 243 g/mol. The summed E-state index contributed by atoms with van der Waals surface area (Å²) < 4.78 is -0.545. The Morgan fingerprint density at radius 1 is 1.46 bits per heavy atom. The molecule has 4 heteroatoms. The number of nitrogens with one attached hydrogen (secondary N) is 1. The Hall–Kier alpha value is -0.900. The van der Waals surface area contributed by atoms with E-state index in [4.69, 9.17) is 0 Å². The van der Waals surface area contributed by atoms with Crippen LogP contribution in [0.5, 0.6) is 0 Å². The highest BCUT2D eigenvalue weighted by atomic mass is 79.9. The van der Waals surface area contributed by atoms with Crippen molar-refractivity contribution in [2.75, 3.05) is 5.32 Å². The van der Waals surface area contributed by atoms with Gasteiger partial charge in [0.15, 0.2) is 0 Å². The van der Waals surface area contributed by atoms with Crippen LogP contribution >= 0.6 is 15.9 Å². The lowest BCUT2D eigenvalue weighted by atomic mass is 10.2. The molecule has 1 aromatic rings. The molecule has 0 aliphatic rings. The summed E-state index contributed by atoms with van der Waals surface area (Å²) in [6, 6.07) is 3.49. The minimum atomic E-state index is -0.545. The molecule has 0 spiro atoms. The predicted octanol–water partition coefficient (Wildman–Crippen LogP) is 2.19. The van der Waals surface area contributed by atoms with Crippen LogP contribution in [-0.2, 0) is 4.79 Å². The minimum absolute atomic E-state index is 0.0706. The van der Waals surface area contributed by atoms with E-state index in [1.807, 2.05) is 0 Å². The van der Waals surface area contributed by atoms with Crippen LogP contribution in [0.1, 0.15) is 13.8 Å². The smallest absolute Gasteiger partial charge is 0.240 e. The van der Waals surface area contributed by atoms with Gasteiger partial charge in [-0.15, -0.1) is 0 Å². The topological polar surface area (TPSA) is 42.0 Å². The summed E-state index contributed by atoms with van der Waals surface area (Å²) in [5.41, 5.74) is 0.757. The molecule has 0 radical (unpaired) electrons. The number of amides is 1. The fraction of sp³-hybridized carbons (Fsp3) is 0.333. The van der Waals surface area contributed by atoms with Crippen molar-refractivity contribution in [2.45, 2.75) is 18.2 Å². The van der Waals surface area contributed by atoms with E-state index in [9.17, 15) is 4.79 Å². The highest BCUT2D eigenvalue weighted by Crippen LogP contribution is 2.18. The molecule has 1 rings (SSSR count). The van der Waals surface area contributed by atoms with Gasteiger partial charge in [0.25, 0.3) is 0 Å². The molecule has 13 heavy (non-hydrogen) atoms. The maximum absolute atomic E-state index is 11.5. The van der Waals surface area contributed by atoms with Crippen molar-refractivity contribution in [3.05, 3.63) is 24.5 Å². The maximum Gasteiger partial charge on any atom is 0.240 e. The zero-order valence-electron chi connectivity index (χ0n) is 7.54. The van der Waals surface area contributed by atoms with Crippen molar-refractivity contribution < 1.29 is 4.79 Å². The lowest BCUT2D eigenvalue weighted by molar-refractivity contribution is -0.117. The van der Waals surface area contributed by atoms with Crippen LogP contribution < -0.4 is 5.32 Å². The number of alkyl halides is 1. The first kappa shape index (κ1) is 10.2. The zero-order chi connectivity index (χ0) is 9.90. The third kappa shape index (κ3) is 3.14. The van der Waals surface area contributed by atoms with Gasteiger partial charge in [0.1, 0.15) is 0 Å². The normalized spacial score (nSPS) is 11.0. The summed E-state index contributed by atoms with van der Waals surface area (Å²) in [6.45, 7) is 3.59. The summed E-state index contributed by atoms with van der Waals surface area (Å²) >= 11 is 3.27. The van der Waals surface area contributed by atoms with Gasteiger partial charge in [-0.2, -0.15) is 0 Å². The Balaban J connectivity index is 2.66. The van der Waals surface area contributed by atoms with Crippen molar-refractivity contribution in [1.82, 2.24) is 4.98 Å². The number of anilines is 1. The summed E-state index contributed by atoms with van der Waals surface area (Å²) in [7, 11) is 0. The standard InChI is InChI=1S/C9H11BrN2O/c1-9(2,10)8(13)12-7-3-5-11-6-4-7/h3-6H,1-2H3,(H,11,12,13). The molecule has 0 aliphatic carbocycles. The number of aromatic nitrogens is 1. The largest absolute Gasteiger partial charge is 0.325 e. The van der Waals surface area contributed by atoms with E-state index in [1.54, 1.807) is 38.4 Å². The van der Waals surface area contributed by atoms with Crippen molar-refractivity contribution in [1.29, 1.82) is 0 Å². The van der Waals surface area contributed by atoms with Gasteiger partial charge in [0.05, 0.1) is 4.32 Å². The van der Waals surface area contributed by atoms with Crippen LogP contribution in [0, 0.1) is 0 Å². The van der Waals surface area contributed by atoms with Gasteiger partial charge >= 0.3 is 0 Å². The predicted molar refractivity (Wildman–Crippen MR) is 55.9 cm³/mol. The van der Waals surface area contributed by atoms with Crippen LogP contribution in [0.15, 0.2) is 24.5 Å². The van der Waals surface area contributed by atoms with Gasteiger partial charge in [0.2, 0.25) is 5.91 Å². The quantitative estimate of drug-likeness (QED) is 0.809. The Labute approximate surface area is 85.7 Å². The number of hydrogen-bond donors (Lipinski definition) is 1. The van der Waals surface area contributed by atoms with Gasteiger partial charge in [-0.3, -0.25) is 9.78 Å². The molecule has 70 valence electrons. The molecule has 1 amide bonds. The second-order valence-corrected chi connectivity index (χ2v) is 5.14. The number of carbonyl (C=O) groups excluding carboxylic acids is 1. The first-order valence-corrected chi connectivity index (χ1v) is 4.70. The molecule has 0 atom stereocenters. The van der Waals surface area contributed by atoms with Crippen molar-refractivity contribution >= 4 is 27.5 Å². The van der Waals surface area contributed by atoms with E-state index >= 15 is 0 Å². The SMILES string of the molecule is CC(C)(Br)C(=O)Nc1ccncc1. The monoisotopic (exact) mass is 242 g/mol. The third-order valence-electron chi connectivity index (χ3n) is 1.48. The van der Waals surface area contributed by atoms with E-state index in [0.717, 1.165) is 5.69 Å². The molecule has 3 nitrogen and oxygen atoms in total. The van der Waals surface area contributed by atoms with Crippen molar-refractivity contribution in [3.63, 3.8) is 0 Å². The van der Waals surface area contributed by atoms with Crippen LogP contribution in [0.4, 0.5) is 5.69 Å². The number of halogens is 1. The van der Waals surface area contributed by atoms with E-state index in [0.29, 0.717) is 0 Å². The Bertz CT molecular complexity index is 292. The number of rotatable bonds is 2. The van der Waals surface area contributed by atoms with Crippen molar-refractivity contribution in [2.24, 2.45) is 0 Å². The van der Waals surface area contributed by atoms with Gasteiger partial charge in [-0.25, -0.2) is 0 Å². The molecular weight excluding hydrogens is 232 g/mol. The zero-order valence-corrected chi connectivity index (χ0v) is 9.13. The van der Waals surface area contributed by atoms with Crippen LogP contribution in [0.2, 0.25) is 0 Å². The number of hydrogen-bond acceptors (Lipinski definition) is 2. The molecule has 0 unspecified atom stereocenters. The first-order valence-electron chi connectivity index (χ1n) is 3.90. The molecule has 0 saturated carbocycles. The maximum atomic E-state index is 11.5. The summed E-state index contributed by atoms with van der Waals surface area (Å²) in [5, 5.41) is 2.76. The Kier molecular flexibility index (Phi) is 3.03. The van der Waals surface area contributed by atoms with Gasteiger partial charge in [-0.05, 0) is 26.0 Å². The molecule has 1 heterocycles. The number of carbonyl (C=O) groups is 1. The Morgan fingerprint density at radius 3 is 2.46 bits per heavy atom. The molecule has 0 aliphatic heterocycles. The molecule has 1 aromatic heterocycles. The molecule has 1 N–H and O–H groups in total. The van der Waals surface area contributed by atoms with Crippen LogP contribution in [0.25, 0.3) is 0 Å². The minimum Gasteiger partial charge on any atom is -0.325 e. The number of pyridine rings is 1. The summed E-state index contributed by atoms with van der Waals surface area (Å²) in [6.07, 6.45) is 3.27. The summed E-state index contributed by atoms with van der Waals surface area (Å²) in [5.74, 6) is -0.0706.